The van der Waals surface area contributed by atoms with Crippen molar-refractivity contribution in [2.24, 2.45) is 4.99 Å². The lowest BCUT2D eigenvalue weighted by molar-refractivity contribution is -0.0853. The Hall–Kier alpha value is -3.37. The minimum Gasteiger partial charge on any atom is -0.498 e. The molecule has 3 aromatic rings. The highest BCUT2D eigenvalue weighted by Crippen LogP contribution is 2.41. The molecule has 0 spiro atoms. The topological polar surface area (TPSA) is 34.1 Å². The maximum absolute atomic E-state index is 6.99. The molecule has 2 aliphatic rings. The summed E-state index contributed by atoms with van der Waals surface area (Å²) in [5.41, 5.74) is 4.18. The zero-order valence-corrected chi connectivity index (χ0v) is 18.4. The molecule has 32 heavy (non-hydrogen) atoms. The van der Waals surface area contributed by atoms with Crippen LogP contribution >= 0.6 is 0 Å². The second kappa shape index (κ2) is 9.01. The van der Waals surface area contributed by atoms with E-state index in [0.717, 1.165) is 30.0 Å². The van der Waals surface area contributed by atoms with Crippen molar-refractivity contribution in [1.82, 2.24) is 0 Å². The number of allylic oxidation sites excluding steroid dienone is 1. The number of anilines is 2. The van der Waals surface area contributed by atoms with Crippen LogP contribution in [0.15, 0.2) is 102 Å². The molecule has 1 heterocycles. The minimum atomic E-state index is -0.697. The normalized spacial score (nSPS) is 21.7. The predicted molar refractivity (Wildman–Crippen MR) is 130 cm³/mol. The van der Waals surface area contributed by atoms with E-state index in [9.17, 15) is 0 Å². The summed E-state index contributed by atoms with van der Waals surface area (Å²) in [6.45, 7) is 1.11. The summed E-state index contributed by atoms with van der Waals surface area (Å²) >= 11 is 0. The Kier molecular flexibility index (Phi) is 5.78. The Labute approximate surface area is 189 Å². The molecule has 4 nitrogen and oxygen atoms in total. The largest absolute Gasteiger partial charge is 0.498 e. The number of para-hydroxylation sites is 2. The second-order valence-electron chi connectivity index (χ2n) is 8.32. The first-order chi connectivity index (χ1) is 15.8. The Bertz CT molecular complexity index is 1070. The van der Waals surface area contributed by atoms with E-state index in [1.54, 1.807) is 7.11 Å². The monoisotopic (exact) mass is 424 g/mol. The summed E-state index contributed by atoms with van der Waals surface area (Å²) in [6, 6.07) is 29.5. The summed E-state index contributed by atoms with van der Waals surface area (Å²) in [4.78, 5) is 6.93. The zero-order chi connectivity index (χ0) is 21.8. The molecule has 0 bridgehead atoms. The van der Waals surface area contributed by atoms with Gasteiger partial charge in [0.15, 0.2) is 5.60 Å². The van der Waals surface area contributed by atoms with Crippen molar-refractivity contribution in [3.05, 3.63) is 108 Å². The third-order valence-corrected chi connectivity index (χ3v) is 6.34. The first-order valence-electron chi connectivity index (χ1n) is 11.2. The highest BCUT2D eigenvalue weighted by Gasteiger charge is 2.44. The first kappa shape index (κ1) is 20.5. The molecule has 2 atom stereocenters. The third-order valence-electron chi connectivity index (χ3n) is 6.34. The van der Waals surface area contributed by atoms with Gasteiger partial charge in [0.25, 0.3) is 0 Å². The van der Waals surface area contributed by atoms with Gasteiger partial charge in [0.1, 0.15) is 5.76 Å². The van der Waals surface area contributed by atoms with Crippen LogP contribution in [-0.2, 0) is 15.9 Å². The molecule has 5 rings (SSSR count). The van der Waals surface area contributed by atoms with Crippen LogP contribution in [0.3, 0.4) is 0 Å². The molecule has 0 saturated heterocycles. The molecule has 3 aromatic carbocycles. The molecular weight excluding hydrogens is 396 g/mol. The summed E-state index contributed by atoms with van der Waals surface area (Å²) < 4.78 is 12.9. The molecule has 162 valence electrons. The van der Waals surface area contributed by atoms with Gasteiger partial charge in [-0.3, -0.25) is 4.99 Å². The minimum absolute atomic E-state index is 0.0199. The number of hydrogen-bond donors (Lipinski definition) is 0. The fourth-order valence-electron chi connectivity index (χ4n) is 4.78. The van der Waals surface area contributed by atoms with Gasteiger partial charge in [-0.25, -0.2) is 0 Å². The van der Waals surface area contributed by atoms with Gasteiger partial charge >= 0.3 is 0 Å². The van der Waals surface area contributed by atoms with Crippen LogP contribution < -0.4 is 4.90 Å². The first-order valence-corrected chi connectivity index (χ1v) is 11.2. The van der Waals surface area contributed by atoms with E-state index >= 15 is 0 Å². The number of dihydropyridines is 1. The van der Waals surface area contributed by atoms with Gasteiger partial charge in [-0.15, -0.1) is 0 Å². The average Bonchev–Trinajstić information content (AvgIpc) is 3.26. The van der Waals surface area contributed by atoms with E-state index < -0.39 is 5.60 Å². The van der Waals surface area contributed by atoms with Crippen molar-refractivity contribution >= 4 is 17.6 Å². The number of hydrogen-bond acceptors (Lipinski definition) is 4. The van der Waals surface area contributed by atoms with Gasteiger partial charge in [0.05, 0.1) is 26.3 Å². The summed E-state index contributed by atoms with van der Waals surface area (Å²) in [7, 11) is 1.72. The number of benzene rings is 3. The molecule has 1 aliphatic carbocycles. The highest BCUT2D eigenvalue weighted by molar-refractivity contribution is 5.74. The molecule has 0 N–H and O–H groups in total. The van der Waals surface area contributed by atoms with E-state index in [1.807, 2.05) is 24.4 Å². The van der Waals surface area contributed by atoms with Crippen LogP contribution in [0, 0.1) is 0 Å². The summed E-state index contributed by atoms with van der Waals surface area (Å²) in [5, 5.41) is 0. The third kappa shape index (κ3) is 3.94. The smallest absolute Gasteiger partial charge is 0.163 e. The van der Waals surface area contributed by atoms with Gasteiger partial charge in [0.2, 0.25) is 0 Å². The Morgan fingerprint density at radius 3 is 2.25 bits per heavy atom. The molecule has 1 aliphatic heterocycles. The molecule has 0 saturated carbocycles. The molecule has 2 unspecified atom stereocenters. The van der Waals surface area contributed by atoms with Crippen molar-refractivity contribution in [1.29, 1.82) is 0 Å². The van der Waals surface area contributed by atoms with Crippen LogP contribution in [0.1, 0.15) is 23.7 Å². The molecule has 0 amide bonds. The average molecular weight is 425 g/mol. The van der Waals surface area contributed by atoms with Crippen molar-refractivity contribution in [3.8, 4) is 0 Å². The maximum atomic E-state index is 6.99. The van der Waals surface area contributed by atoms with Crippen molar-refractivity contribution < 1.29 is 9.47 Å². The predicted octanol–water partition coefficient (Wildman–Crippen LogP) is 5.88. The van der Waals surface area contributed by atoms with E-state index in [4.69, 9.17) is 9.47 Å². The van der Waals surface area contributed by atoms with Gasteiger partial charge in [-0.1, -0.05) is 60.7 Å². The number of aliphatic imine (C=N–C) groups is 1. The van der Waals surface area contributed by atoms with Gasteiger partial charge in [-0.2, -0.15) is 0 Å². The fraction of sp³-hybridized carbons (Fsp3) is 0.250. The fourth-order valence-corrected chi connectivity index (χ4v) is 4.78. The molecule has 0 radical (unpaired) electrons. The Morgan fingerprint density at radius 1 is 0.906 bits per heavy atom. The van der Waals surface area contributed by atoms with Crippen LogP contribution in [0.4, 0.5) is 11.4 Å². The van der Waals surface area contributed by atoms with E-state index in [-0.39, 0.29) is 6.10 Å². The SMILES string of the molecule is COC1=CC=NCC1(CN(c1ccccc1)c1ccccc1)OC1CCc2ccccc21. The highest BCUT2D eigenvalue weighted by atomic mass is 16.6. The van der Waals surface area contributed by atoms with Crippen LogP contribution in [0.25, 0.3) is 0 Å². The second-order valence-corrected chi connectivity index (χ2v) is 8.32. The number of fused-ring (bicyclic) bond motifs is 1. The molecule has 0 aromatic heterocycles. The van der Waals surface area contributed by atoms with Crippen molar-refractivity contribution in [2.75, 3.05) is 25.1 Å². The van der Waals surface area contributed by atoms with Crippen molar-refractivity contribution in [2.45, 2.75) is 24.5 Å². The number of rotatable bonds is 7. The zero-order valence-electron chi connectivity index (χ0n) is 18.4. The van der Waals surface area contributed by atoms with Gasteiger partial charge in [0, 0.05) is 17.6 Å². The van der Waals surface area contributed by atoms with Gasteiger partial charge in [-0.05, 0) is 54.3 Å². The lowest BCUT2D eigenvalue weighted by Gasteiger charge is -2.41. The van der Waals surface area contributed by atoms with E-state index in [0.29, 0.717) is 13.1 Å². The lowest BCUT2D eigenvalue weighted by Crippen LogP contribution is -2.50. The Morgan fingerprint density at radius 2 is 1.56 bits per heavy atom. The standard InChI is InChI=1S/C28H28N2O2/c1-31-27-18-19-29-20-28(27,32-26-17-16-22-10-8-9-15-25(22)26)21-30(23-11-4-2-5-12-23)24-13-6-3-7-14-24/h2-15,18-19,26H,16-17,20-21H2,1H3. The lowest BCUT2D eigenvalue weighted by atomic mass is 9.96. The van der Waals surface area contributed by atoms with Crippen LogP contribution in [0.2, 0.25) is 0 Å². The quantitative estimate of drug-likeness (QED) is 0.475. The number of aryl methyl sites for hydroxylation is 1. The molecular formula is C28H28N2O2. The van der Waals surface area contributed by atoms with Crippen LogP contribution in [0.5, 0.6) is 0 Å². The summed E-state index contributed by atoms with van der Waals surface area (Å²) in [5.74, 6) is 0.814. The molecule has 0 fully saturated rings. The number of methoxy groups -OCH3 is 1. The Balaban J connectivity index is 1.55. The van der Waals surface area contributed by atoms with Crippen LogP contribution in [-0.4, -0.2) is 32.0 Å². The number of nitrogens with zero attached hydrogens (tertiary/aromatic N) is 2. The van der Waals surface area contributed by atoms with Crippen molar-refractivity contribution in [3.63, 3.8) is 0 Å². The molecule has 4 heteroatoms. The number of ether oxygens (including phenoxy) is 2. The van der Waals surface area contributed by atoms with Gasteiger partial charge < -0.3 is 14.4 Å². The maximum Gasteiger partial charge on any atom is 0.163 e. The summed E-state index contributed by atoms with van der Waals surface area (Å²) in [6.07, 6.45) is 5.79. The van der Waals surface area contributed by atoms with E-state index in [1.165, 1.54) is 11.1 Å². The van der Waals surface area contributed by atoms with E-state index in [2.05, 4.69) is 82.7 Å².